The number of carbonyl (C=O) groups is 1. The fourth-order valence-electron chi connectivity index (χ4n) is 3.06. The molecule has 3 heteroatoms. The van der Waals surface area contributed by atoms with Crippen LogP contribution in [0.3, 0.4) is 0 Å². The largest absolute Gasteiger partial charge is 0.445 e. The van der Waals surface area contributed by atoms with Crippen molar-refractivity contribution in [2.24, 2.45) is 0 Å². The monoisotopic (exact) mass is 347 g/mol. The van der Waals surface area contributed by atoms with Gasteiger partial charge < -0.3 is 10.1 Å². The summed E-state index contributed by atoms with van der Waals surface area (Å²) >= 11 is 0. The standard InChI is InChI=1S/C23H25NO2/c1-2-3-13-22(21-15-14-19-11-7-8-12-20(19)16-21)24-23(25)26-17-18-9-5-4-6-10-18/h4-12,14-16,22H,2-3,13,17H2,1H3,(H,24,25)/t22-/m0/s1. The van der Waals surface area contributed by atoms with Crippen molar-refractivity contribution in [3.05, 3.63) is 83.9 Å². The summed E-state index contributed by atoms with van der Waals surface area (Å²) in [6.45, 7) is 2.44. The van der Waals surface area contributed by atoms with E-state index in [0.29, 0.717) is 0 Å². The fraction of sp³-hybridized carbons (Fsp3) is 0.261. The molecule has 0 saturated heterocycles. The highest BCUT2D eigenvalue weighted by molar-refractivity contribution is 5.83. The van der Waals surface area contributed by atoms with Crippen LogP contribution in [0.15, 0.2) is 72.8 Å². The topological polar surface area (TPSA) is 38.3 Å². The zero-order chi connectivity index (χ0) is 18.2. The Bertz CT molecular complexity index is 845. The maximum Gasteiger partial charge on any atom is 0.407 e. The molecule has 0 heterocycles. The van der Waals surface area contributed by atoms with Gasteiger partial charge in [-0.1, -0.05) is 86.5 Å². The van der Waals surface area contributed by atoms with E-state index in [-0.39, 0.29) is 18.7 Å². The van der Waals surface area contributed by atoms with Gasteiger partial charge in [0.2, 0.25) is 0 Å². The Morgan fingerprint density at radius 3 is 2.46 bits per heavy atom. The van der Waals surface area contributed by atoms with Crippen molar-refractivity contribution in [1.82, 2.24) is 5.32 Å². The van der Waals surface area contributed by atoms with Gasteiger partial charge in [-0.15, -0.1) is 0 Å². The summed E-state index contributed by atoms with van der Waals surface area (Å²) in [5.41, 5.74) is 2.10. The number of benzene rings is 3. The summed E-state index contributed by atoms with van der Waals surface area (Å²) < 4.78 is 5.40. The Labute approximate surface area is 155 Å². The summed E-state index contributed by atoms with van der Waals surface area (Å²) in [4.78, 5) is 12.3. The summed E-state index contributed by atoms with van der Waals surface area (Å²) in [6, 6.07) is 24.3. The van der Waals surface area contributed by atoms with Crippen LogP contribution >= 0.6 is 0 Å². The first-order valence-electron chi connectivity index (χ1n) is 9.22. The van der Waals surface area contributed by atoms with Crippen LogP contribution in [0.5, 0.6) is 0 Å². The van der Waals surface area contributed by atoms with Crippen molar-refractivity contribution in [3.63, 3.8) is 0 Å². The van der Waals surface area contributed by atoms with Gasteiger partial charge in [-0.05, 0) is 34.4 Å². The van der Waals surface area contributed by atoms with Gasteiger partial charge in [0.1, 0.15) is 6.61 Å². The van der Waals surface area contributed by atoms with E-state index < -0.39 is 0 Å². The Kier molecular flexibility index (Phi) is 6.26. The van der Waals surface area contributed by atoms with Gasteiger partial charge in [-0.2, -0.15) is 0 Å². The maximum atomic E-state index is 12.3. The number of fused-ring (bicyclic) bond motifs is 1. The Morgan fingerprint density at radius 2 is 1.69 bits per heavy atom. The van der Waals surface area contributed by atoms with Crippen LogP contribution < -0.4 is 5.32 Å². The van der Waals surface area contributed by atoms with E-state index in [9.17, 15) is 4.79 Å². The summed E-state index contributed by atoms with van der Waals surface area (Å²) in [7, 11) is 0. The Hall–Kier alpha value is -2.81. The Morgan fingerprint density at radius 1 is 0.962 bits per heavy atom. The highest BCUT2D eigenvalue weighted by Gasteiger charge is 2.15. The molecule has 134 valence electrons. The molecule has 0 aliphatic heterocycles. The van der Waals surface area contributed by atoms with Gasteiger partial charge in [-0.3, -0.25) is 0 Å². The number of amides is 1. The normalized spacial score (nSPS) is 11.9. The number of unbranched alkanes of at least 4 members (excludes halogenated alkanes) is 1. The average molecular weight is 347 g/mol. The Balaban J connectivity index is 1.69. The molecule has 0 aromatic heterocycles. The molecule has 0 unspecified atom stereocenters. The van der Waals surface area contributed by atoms with Crippen LogP contribution in [0, 0.1) is 0 Å². The number of hydrogen-bond acceptors (Lipinski definition) is 2. The second kappa shape index (κ2) is 9.04. The predicted molar refractivity (Wildman–Crippen MR) is 106 cm³/mol. The molecule has 3 aromatic carbocycles. The molecule has 0 aliphatic carbocycles. The SMILES string of the molecule is CCCC[C@H](NC(=O)OCc1ccccc1)c1ccc2ccccc2c1. The first-order chi connectivity index (χ1) is 12.8. The molecule has 0 spiro atoms. The van der Waals surface area contributed by atoms with E-state index >= 15 is 0 Å². The van der Waals surface area contributed by atoms with E-state index in [4.69, 9.17) is 4.74 Å². The van der Waals surface area contributed by atoms with Gasteiger partial charge in [-0.25, -0.2) is 4.79 Å². The minimum atomic E-state index is -0.372. The fourth-order valence-corrected chi connectivity index (χ4v) is 3.06. The zero-order valence-corrected chi connectivity index (χ0v) is 15.2. The van der Waals surface area contributed by atoms with Crippen molar-refractivity contribution >= 4 is 16.9 Å². The second-order valence-corrected chi connectivity index (χ2v) is 6.51. The van der Waals surface area contributed by atoms with Crippen LogP contribution in [0.1, 0.15) is 43.4 Å². The maximum absolute atomic E-state index is 12.3. The first-order valence-corrected chi connectivity index (χ1v) is 9.22. The number of carbonyl (C=O) groups excluding carboxylic acids is 1. The predicted octanol–water partition coefficient (Wildman–Crippen LogP) is 6.00. The molecule has 0 fully saturated rings. The van der Waals surface area contributed by atoms with Crippen molar-refractivity contribution in [3.8, 4) is 0 Å². The lowest BCUT2D eigenvalue weighted by Gasteiger charge is -2.19. The highest BCUT2D eigenvalue weighted by atomic mass is 16.5. The number of alkyl carbamates (subject to hydrolysis) is 1. The van der Waals surface area contributed by atoms with Crippen molar-refractivity contribution in [2.45, 2.75) is 38.8 Å². The molecule has 1 amide bonds. The zero-order valence-electron chi connectivity index (χ0n) is 15.2. The number of nitrogens with one attached hydrogen (secondary N) is 1. The van der Waals surface area contributed by atoms with Crippen molar-refractivity contribution < 1.29 is 9.53 Å². The van der Waals surface area contributed by atoms with Crippen LogP contribution in [0.25, 0.3) is 10.8 Å². The van der Waals surface area contributed by atoms with Crippen molar-refractivity contribution in [1.29, 1.82) is 0 Å². The average Bonchev–Trinajstić information content (AvgIpc) is 2.70. The van der Waals surface area contributed by atoms with Gasteiger partial charge in [0.05, 0.1) is 6.04 Å². The highest BCUT2D eigenvalue weighted by Crippen LogP contribution is 2.24. The number of rotatable bonds is 7. The van der Waals surface area contributed by atoms with E-state index in [1.807, 2.05) is 42.5 Å². The molecule has 3 rings (SSSR count). The third kappa shape index (κ3) is 4.85. The summed E-state index contributed by atoms with van der Waals surface area (Å²) in [5.74, 6) is 0. The van der Waals surface area contributed by atoms with E-state index in [2.05, 4.69) is 42.6 Å². The molecule has 1 atom stereocenters. The molecule has 0 radical (unpaired) electrons. The van der Waals surface area contributed by atoms with Gasteiger partial charge in [0.25, 0.3) is 0 Å². The second-order valence-electron chi connectivity index (χ2n) is 6.51. The lowest BCUT2D eigenvalue weighted by molar-refractivity contribution is 0.135. The van der Waals surface area contributed by atoms with E-state index in [0.717, 1.165) is 30.4 Å². The number of hydrogen-bond donors (Lipinski definition) is 1. The van der Waals surface area contributed by atoms with Crippen LogP contribution in [0.4, 0.5) is 4.79 Å². The minimum absolute atomic E-state index is 0.0390. The van der Waals surface area contributed by atoms with E-state index in [1.54, 1.807) is 0 Å². The van der Waals surface area contributed by atoms with Crippen LogP contribution in [0.2, 0.25) is 0 Å². The first kappa shape index (κ1) is 18.0. The third-order valence-electron chi connectivity index (χ3n) is 4.53. The van der Waals surface area contributed by atoms with Gasteiger partial charge >= 0.3 is 6.09 Å². The molecule has 0 aliphatic rings. The number of ether oxygens (including phenoxy) is 1. The minimum Gasteiger partial charge on any atom is -0.445 e. The molecule has 3 aromatic rings. The van der Waals surface area contributed by atoms with Gasteiger partial charge in [0.15, 0.2) is 0 Å². The molecule has 26 heavy (non-hydrogen) atoms. The summed E-state index contributed by atoms with van der Waals surface area (Å²) in [6.07, 6.45) is 2.67. The van der Waals surface area contributed by atoms with Crippen LogP contribution in [-0.4, -0.2) is 6.09 Å². The van der Waals surface area contributed by atoms with Gasteiger partial charge in [0, 0.05) is 0 Å². The summed E-state index contributed by atoms with van der Waals surface area (Å²) in [5, 5.41) is 5.43. The molecular weight excluding hydrogens is 322 g/mol. The molecular formula is C23H25NO2. The molecule has 1 N–H and O–H groups in total. The lowest BCUT2D eigenvalue weighted by atomic mass is 9.98. The van der Waals surface area contributed by atoms with Crippen molar-refractivity contribution in [2.75, 3.05) is 0 Å². The van der Waals surface area contributed by atoms with E-state index in [1.165, 1.54) is 10.8 Å². The smallest absolute Gasteiger partial charge is 0.407 e. The third-order valence-corrected chi connectivity index (χ3v) is 4.53. The quantitative estimate of drug-likeness (QED) is 0.569. The molecule has 0 saturated carbocycles. The molecule has 0 bridgehead atoms. The lowest BCUT2D eigenvalue weighted by Crippen LogP contribution is -2.29. The van der Waals surface area contributed by atoms with Crippen LogP contribution in [-0.2, 0) is 11.3 Å². The molecule has 3 nitrogen and oxygen atoms in total.